The summed E-state index contributed by atoms with van der Waals surface area (Å²) in [4.78, 5) is 36.2. The Kier molecular flexibility index (Phi) is 2.72. The van der Waals surface area contributed by atoms with Crippen molar-refractivity contribution in [1.29, 1.82) is 0 Å². The van der Waals surface area contributed by atoms with Crippen LogP contribution in [0.15, 0.2) is 0 Å². The van der Waals surface area contributed by atoms with Crippen molar-refractivity contribution < 1.29 is 19.1 Å². The maximum atomic E-state index is 11.9. The van der Waals surface area contributed by atoms with Gasteiger partial charge < -0.3 is 4.74 Å². The molecule has 0 spiro atoms. The highest BCUT2D eigenvalue weighted by atomic mass is 16.6. The van der Waals surface area contributed by atoms with Crippen molar-refractivity contribution in [2.45, 2.75) is 51.7 Å². The van der Waals surface area contributed by atoms with E-state index in [1.165, 1.54) is 0 Å². The molecule has 2 aliphatic rings. The number of hydrogen-bond donors (Lipinski definition) is 0. The molecule has 1 saturated heterocycles. The van der Waals surface area contributed by atoms with E-state index in [-0.39, 0.29) is 18.1 Å². The summed E-state index contributed by atoms with van der Waals surface area (Å²) in [6.07, 6.45) is 0.956. The number of hydrogen-bond acceptors (Lipinski definition) is 4. The normalized spacial score (nSPS) is 25.4. The zero-order valence-corrected chi connectivity index (χ0v) is 10.4. The van der Waals surface area contributed by atoms with Gasteiger partial charge in [0, 0.05) is 0 Å². The number of nitrogens with zero attached hydrogens (tertiary/aromatic N) is 1. The molecule has 5 heteroatoms. The number of amides is 2. The molecule has 0 aromatic rings. The fourth-order valence-corrected chi connectivity index (χ4v) is 2.05. The molecule has 1 atom stereocenters. The molecular formula is C12H17NO4. The molecule has 1 unspecified atom stereocenters. The van der Waals surface area contributed by atoms with E-state index in [0.717, 1.165) is 17.7 Å². The second kappa shape index (κ2) is 3.82. The van der Waals surface area contributed by atoms with Crippen LogP contribution in [-0.4, -0.2) is 34.3 Å². The molecule has 2 amide bonds. The minimum Gasteiger partial charge on any atom is -0.443 e. The first-order valence-electron chi connectivity index (χ1n) is 5.87. The zero-order chi connectivity index (χ0) is 12.8. The molecule has 0 bridgehead atoms. The van der Waals surface area contributed by atoms with Gasteiger partial charge in [-0.25, -0.2) is 9.69 Å². The average Bonchev–Trinajstić information content (AvgIpc) is 2.89. The van der Waals surface area contributed by atoms with Gasteiger partial charge >= 0.3 is 6.09 Å². The quantitative estimate of drug-likeness (QED) is 0.650. The summed E-state index contributed by atoms with van der Waals surface area (Å²) in [7, 11) is 0. The molecule has 2 rings (SSSR count). The summed E-state index contributed by atoms with van der Waals surface area (Å²) in [6, 6.07) is -0.572. The van der Waals surface area contributed by atoms with Crippen LogP contribution in [0.5, 0.6) is 0 Å². The maximum absolute atomic E-state index is 11.9. The molecule has 0 N–H and O–H groups in total. The van der Waals surface area contributed by atoms with Crippen molar-refractivity contribution in [2.75, 3.05) is 0 Å². The number of carbonyl (C=O) groups excluding carboxylic acids is 3. The molecular weight excluding hydrogens is 222 g/mol. The summed E-state index contributed by atoms with van der Waals surface area (Å²) < 4.78 is 5.16. The Morgan fingerprint density at radius 3 is 2.35 bits per heavy atom. The van der Waals surface area contributed by atoms with Crippen molar-refractivity contribution in [3.05, 3.63) is 0 Å². The van der Waals surface area contributed by atoms with Crippen LogP contribution >= 0.6 is 0 Å². The molecule has 2 fully saturated rings. The molecule has 1 saturated carbocycles. The lowest BCUT2D eigenvalue weighted by atomic mass is 10.1. The topological polar surface area (TPSA) is 63.7 Å². The average molecular weight is 239 g/mol. The standard InChI is InChI=1S/C12H17NO4/c1-12(2,3)17-11(16)13-9(15)6-8(14)10(13)7-4-5-7/h7,10H,4-6H2,1-3H3. The molecule has 17 heavy (non-hydrogen) atoms. The number of imide groups is 1. The third-order valence-electron chi connectivity index (χ3n) is 2.86. The lowest BCUT2D eigenvalue weighted by Gasteiger charge is -2.26. The minimum atomic E-state index is -0.690. The van der Waals surface area contributed by atoms with Gasteiger partial charge in [0.25, 0.3) is 0 Å². The smallest absolute Gasteiger partial charge is 0.417 e. The number of ether oxygens (including phenoxy) is 1. The molecule has 1 aliphatic carbocycles. The van der Waals surface area contributed by atoms with Crippen LogP contribution in [0.2, 0.25) is 0 Å². The van der Waals surface area contributed by atoms with Crippen LogP contribution in [0.1, 0.15) is 40.0 Å². The van der Waals surface area contributed by atoms with Crippen LogP contribution < -0.4 is 0 Å². The van der Waals surface area contributed by atoms with E-state index in [1.54, 1.807) is 20.8 Å². The molecule has 0 aromatic heterocycles. The van der Waals surface area contributed by atoms with E-state index in [0.29, 0.717) is 0 Å². The molecule has 5 nitrogen and oxygen atoms in total. The largest absolute Gasteiger partial charge is 0.443 e. The van der Waals surface area contributed by atoms with E-state index >= 15 is 0 Å². The number of Topliss-reactive ketones (excluding diaryl/α,β-unsaturated/α-hetero) is 1. The van der Waals surface area contributed by atoms with Crippen molar-refractivity contribution in [1.82, 2.24) is 4.90 Å². The summed E-state index contributed by atoms with van der Waals surface area (Å²) in [5.41, 5.74) is -0.656. The van der Waals surface area contributed by atoms with Gasteiger partial charge in [-0.15, -0.1) is 0 Å². The van der Waals surface area contributed by atoms with Gasteiger partial charge in [0.2, 0.25) is 5.91 Å². The highest BCUT2D eigenvalue weighted by molar-refractivity contribution is 6.13. The Morgan fingerprint density at radius 2 is 1.88 bits per heavy atom. The summed E-state index contributed by atoms with van der Waals surface area (Å²) in [5.74, 6) is -0.425. The molecule has 0 aromatic carbocycles. The number of rotatable bonds is 1. The van der Waals surface area contributed by atoms with E-state index in [2.05, 4.69) is 0 Å². The van der Waals surface area contributed by atoms with Gasteiger partial charge in [0.1, 0.15) is 11.6 Å². The van der Waals surface area contributed by atoms with Crippen LogP contribution in [-0.2, 0) is 14.3 Å². The summed E-state index contributed by atoms with van der Waals surface area (Å²) in [5, 5.41) is 0. The molecule has 0 radical (unpaired) electrons. The third kappa shape index (κ3) is 2.48. The third-order valence-corrected chi connectivity index (χ3v) is 2.86. The predicted molar refractivity (Wildman–Crippen MR) is 59.2 cm³/mol. The van der Waals surface area contributed by atoms with E-state index in [4.69, 9.17) is 4.74 Å². The summed E-state index contributed by atoms with van der Waals surface area (Å²) >= 11 is 0. The first-order chi connectivity index (χ1) is 7.79. The van der Waals surface area contributed by atoms with Crippen LogP contribution in [0.3, 0.4) is 0 Å². The number of carbonyl (C=O) groups is 3. The van der Waals surface area contributed by atoms with Crippen molar-refractivity contribution >= 4 is 17.8 Å². The highest BCUT2D eigenvalue weighted by Crippen LogP contribution is 2.39. The maximum Gasteiger partial charge on any atom is 0.417 e. The van der Waals surface area contributed by atoms with Crippen molar-refractivity contribution in [3.8, 4) is 0 Å². The summed E-state index contributed by atoms with van der Waals surface area (Å²) in [6.45, 7) is 5.21. The number of ketones is 1. The Morgan fingerprint density at radius 1 is 1.29 bits per heavy atom. The highest BCUT2D eigenvalue weighted by Gasteiger charge is 2.51. The van der Waals surface area contributed by atoms with Gasteiger partial charge in [-0.2, -0.15) is 0 Å². The Bertz CT molecular complexity index is 378. The minimum absolute atomic E-state index is 0.150. The van der Waals surface area contributed by atoms with Gasteiger partial charge in [-0.1, -0.05) is 0 Å². The fraction of sp³-hybridized carbons (Fsp3) is 0.750. The lowest BCUT2D eigenvalue weighted by molar-refractivity contribution is -0.128. The predicted octanol–water partition coefficient (Wildman–Crippen LogP) is 1.50. The number of likely N-dealkylation sites (tertiary alicyclic amines) is 1. The second-order valence-corrected chi connectivity index (χ2v) is 5.67. The van der Waals surface area contributed by atoms with Crippen LogP contribution in [0, 0.1) is 5.92 Å². The molecule has 1 aliphatic heterocycles. The molecule has 1 heterocycles. The van der Waals surface area contributed by atoms with E-state index in [9.17, 15) is 14.4 Å². The van der Waals surface area contributed by atoms with Crippen molar-refractivity contribution in [3.63, 3.8) is 0 Å². The van der Waals surface area contributed by atoms with E-state index < -0.39 is 23.6 Å². The van der Waals surface area contributed by atoms with Crippen LogP contribution in [0.25, 0.3) is 0 Å². The zero-order valence-electron chi connectivity index (χ0n) is 10.4. The Labute approximate surface area is 100 Å². The van der Waals surface area contributed by atoms with Gasteiger partial charge in [-0.05, 0) is 39.5 Å². The fourth-order valence-electron chi connectivity index (χ4n) is 2.05. The van der Waals surface area contributed by atoms with Crippen LogP contribution in [0.4, 0.5) is 4.79 Å². The first-order valence-corrected chi connectivity index (χ1v) is 5.87. The Balaban J connectivity index is 2.14. The monoisotopic (exact) mass is 239 g/mol. The molecule has 94 valence electrons. The van der Waals surface area contributed by atoms with E-state index in [1.807, 2.05) is 0 Å². The van der Waals surface area contributed by atoms with Crippen molar-refractivity contribution in [2.24, 2.45) is 5.92 Å². The second-order valence-electron chi connectivity index (χ2n) is 5.67. The first kappa shape index (κ1) is 12.1. The van der Waals surface area contributed by atoms with Gasteiger partial charge in [0.15, 0.2) is 5.78 Å². The lowest BCUT2D eigenvalue weighted by Crippen LogP contribution is -2.44. The Hall–Kier alpha value is -1.39. The van der Waals surface area contributed by atoms with Gasteiger partial charge in [-0.3, -0.25) is 9.59 Å². The van der Waals surface area contributed by atoms with Gasteiger partial charge in [0.05, 0.1) is 6.42 Å². The SMILES string of the molecule is CC(C)(C)OC(=O)N1C(=O)CC(=O)C1C1CC1.